The Balaban J connectivity index is 2.05. The number of carbonyl (C=O) groups is 1. The van der Waals surface area contributed by atoms with Gasteiger partial charge in [-0.2, -0.15) is 0 Å². The smallest absolute Gasteiger partial charge is 0.229 e. The number of nitrogens with two attached hydrogens (primary N) is 1. The van der Waals surface area contributed by atoms with Crippen LogP contribution in [0.2, 0.25) is 5.15 Å². The Morgan fingerprint density at radius 1 is 1.59 bits per heavy atom. The van der Waals surface area contributed by atoms with Gasteiger partial charge in [-0.15, -0.1) is 0 Å². The highest BCUT2D eigenvalue weighted by Crippen LogP contribution is 2.27. The van der Waals surface area contributed by atoms with Gasteiger partial charge >= 0.3 is 0 Å². The number of pyridine rings is 1. The molecule has 1 heterocycles. The Morgan fingerprint density at radius 3 is 2.94 bits per heavy atom. The van der Waals surface area contributed by atoms with E-state index in [1.165, 1.54) is 6.20 Å². The molecule has 4 nitrogen and oxygen atoms in total. The molecule has 1 aliphatic carbocycles. The van der Waals surface area contributed by atoms with Crippen molar-refractivity contribution in [2.24, 2.45) is 11.7 Å². The summed E-state index contributed by atoms with van der Waals surface area (Å²) in [4.78, 5) is 15.9. The van der Waals surface area contributed by atoms with Gasteiger partial charge in [0.25, 0.3) is 0 Å². The van der Waals surface area contributed by atoms with Crippen molar-refractivity contribution in [3.63, 3.8) is 0 Å². The van der Waals surface area contributed by atoms with E-state index >= 15 is 0 Å². The summed E-state index contributed by atoms with van der Waals surface area (Å²) in [5.74, 6) is -0.129. The summed E-state index contributed by atoms with van der Waals surface area (Å²) < 4.78 is 0.660. The zero-order chi connectivity index (χ0) is 12.4. The molecule has 0 saturated heterocycles. The molecule has 3 N–H and O–H groups in total. The number of hydrogen-bond acceptors (Lipinski definition) is 3. The summed E-state index contributed by atoms with van der Waals surface area (Å²) in [5.41, 5.74) is 6.51. The molecule has 6 heteroatoms. The van der Waals surface area contributed by atoms with Gasteiger partial charge in [0.2, 0.25) is 5.91 Å². The highest BCUT2D eigenvalue weighted by atomic mass is 79.9. The first-order valence-corrected chi connectivity index (χ1v) is 6.62. The predicted octanol–water partition coefficient (Wildman–Crippen LogP) is 2.56. The summed E-state index contributed by atoms with van der Waals surface area (Å²) in [5, 5.41) is 3.19. The molecule has 1 amide bonds. The molecule has 0 aromatic carbocycles. The van der Waals surface area contributed by atoms with Crippen LogP contribution in [0, 0.1) is 5.92 Å². The highest BCUT2D eigenvalue weighted by Gasteiger charge is 2.30. The molecule has 1 aromatic heterocycles. The highest BCUT2D eigenvalue weighted by molar-refractivity contribution is 9.10. The van der Waals surface area contributed by atoms with Gasteiger partial charge in [-0.25, -0.2) is 4.98 Å². The Bertz CT molecular complexity index is 441. The maximum atomic E-state index is 12.0. The van der Waals surface area contributed by atoms with E-state index in [0.29, 0.717) is 15.3 Å². The molecule has 0 spiro atoms. The van der Waals surface area contributed by atoms with Crippen molar-refractivity contribution in [1.29, 1.82) is 0 Å². The average Bonchev–Trinajstić information content (AvgIpc) is 2.70. The molecule has 1 aliphatic rings. The molecule has 2 unspecified atom stereocenters. The standard InChI is InChI=1S/C11H13BrClN3O/c12-8-4-6(5-15-10(8)13)16-11(17)7-2-1-3-9(7)14/h4-5,7,9H,1-3,14H2,(H,16,17). The molecule has 0 aliphatic heterocycles. The lowest BCUT2D eigenvalue weighted by Crippen LogP contribution is -2.34. The van der Waals surface area contributed by atoms with Crippen molar-refractivity contribution < 1.29 is 4.79 Å². The summed E-state index contributed by atoms with van der Waals surface area (Å²) in [6.45, 7) is 0. The van der Waals surface area contributed by atoms with E-state index in [-0.39, 0.29) is 17.9 Å². The number of carbonyl (C=O) groups excluding carboxylic acids is 1. The number of nitrogens with one attached hydrogen (secondary N) is 1. The van der Waals surface area contributed by atoms with Crippen LogP contribution in [0.15, 0.2) is 16.7 Å². The third-order valence-corrected chi connectivity index (χ3v) is 4.10. The predicted molar refractivity (Wildman–Crippen MR) is 70.9 cm³/mol. The second-order valence-corrected chi connectivity index (χ2v) is 5.40. The topological polar surface area (TPSA) is 68.0 Å². The number of halogens is 2. The minimum Gasteiger partial charge on any atom is -0.327 e. The molecular formula is C11H13BrClN3O. The van der Waals surface area contributed by atoms with Crippen LogP contribution < -0.4 is 11.1 Å². The lowest BCUT2D eigenvalue weighted by atomic mass is 10.0. The molecule has 17 heavy (non-hydrogen) atoms. The fraction of sp³-hybridized carbons (Fsp3) is 0.455. The van der Waals surface area contributed by atoms with Crippen LogP contribution in [0.4, 0.5) is 5.69 Å². The second-order valence-electron chi connectivity index (χ2n) is 4.19. The van der Waals surface area contributed by atoms with E-state index in [2.05, 4.69) is 26.2 Å². The van der Waals surface area contributed by atoms with Crippen LogP contribution in [0.1, 0.15) is 19.3 Å². The molecule has 0 radical (unpaired) electrons. The first-order valence-electron chi connectivity index (χ1n) is 5.45. The largest absolute Gasteiger partial charge is 0.327 e. The molecular weight excluding hydrogens is 305 g/mol. The lowest BCUT2D eigenvalue weighted by Gasteiger charge is -2.15. The summed E-state index contributed by atoms with van der Waals surface area (Å²) >= 11 is 9.04. The maximum Gasteiger partial charge on any atom is 0.229 e. The minimum atomic E-state index is -0.0931. The van der Waals surface area contributed by atoms with E-state index < -0.39 is 0 Å². The molecule has 1 aromatic rings. The minimum absolute atomic E-state index is 0.0290. The van der Waals surface area contributed by atoms with Gasteiger partial charge in [-0.3, -0.25) is 4.79 Å². The summed E-state index contributed by atoms with van der Waals surface area (Å²) in [7, 11) is 0. The second kappa shape index (κ2) is 5.33. The average molecular weight is 319 g/mol. The first-order chi connectivity index (χ1) is 8.08. The van der Waals surface area contributed by atoms with Gasteiger partial charge in [0.1, 0.15) is 5.15 Å². The van der Waals surface area contributed by atoms with Crippen LogP contribution in [0.3, 0.4) is 0 Å². The van der Waals surface area contributed by atoms with E-state index in [1.54, 1.807) is 6.07 Å². The SMILES string of the molecule is NC1CCCC1C(=O)Nc1cnc(Cl)c(Br)c1. The molecule has 92 valence electrons. The van der Waals surface area contributed by atoms with Gasteiger partial charge in [-0.1, -0.05) is 18.0 Å². The lowest BCUT2D eigenvalue weighted by molar-refractivity contribution is -0.120. The number of anilines is 1. The van der Waals surface area contributed by atoms with Crippen molar-refractivity contribution in [1.82, 2.24) is 4.98 Å². The Kier molecular flexibility index (Phi) is 4.01. The van der Waals surface area contributed by atoms with Crippen molar-refractivity contribution in [3.8, 4) is 0 Å². The van der Waals surface area contributed by atoms with Gasteiger partial charge in [0, 0.05) is 6.04 Å². The van der Waals surface area contributed by atoms with Gasteiger partial charge in [0.15, 0.2) is 0 Å². The first kappa shape index (κ1) is 12.8. The fourth-order valence-electron chi connectivity index (χ4n) is 2.04. The third-order valence-electron chi connectivity index (χ3n) is 2.97. The van der Waals surface area contributed by atoms with Crippen LogP contribution in [-0.2, 0) is 4.79 Å². The van der Waals surface area contributed by atoms with E-state index in [0.717, 1.165) is 19.3 Å². The van der Waals surface area contributed by atoms with Crippen molar-refractivity contribution >= 4 is 39.1 Å². The molecule has 1 saturated carbocycles. The maximum absolute atomic E-state index is 12.0. The Labute approximate surface area is 113 Å². The van der Waals surface area contributed by atoms with Crippen LogP contribution in [0.25, 0.3) is 0 Å². The van der Waals surface area contributed by atoms with Crippen molar-refractivity contribution in [2.45, 2.75) is 25.3 Å². The third kappa shape index (κ3) is 2.97. The van der Waals surface area contributed by atoms with Gasteiger partial charge in [-0.05, 0) is 34.8 Å². The molecule has 2 atom stereocenters. The normalized spacial score (nSPS) is 23.7. The number of rotatable bonds is 2. The Hall–Kier alpha value is -0.650. The van der Waals surface area contributed by atoms with E-state index in [4.69, 9.17) is 17.3 Å². The number of amides is 1. The van der Waals surface area contributed by atoms with Crippen molar-refractivity contribution in [2.75, 3.05) is 5.32 Å². The zero-order valence-corrected chi connectivity index (χ0v) is 11.5. The van der Waals surface area contributed by atoms with Crippen LogP contribution in [0.5, 0.6) is 0 Å². The zero-order valence-electron chi connectivity index (χ0n) is 9.12. The summed E-state index contributed by atoms with van der Waals surface area (Å²) in [6.07, 6.45) is 4.32. The molecule has 0 bridgehead atoms. The van der Waals surface area contributed by atoms with Gasteiger partial charge in [0.05, 0.1) is 22.3 Å². The fourth-order valence-corrected chi connectivity index (χ4v) is 2.49. The number of nitrogens with zero attached hydrogens (tertiary/aromatic N) is 1. The quantitative estimate of drug-likeness (QED) is 0.824. The summed E-state index contributed by atoms with van der Waals surface area (Å²) in [6, 6.07) is 1.70. The monoisotopic (exact) mass is 317 g/mol. The van der Waals surface area contributed by atoms with Crippen molar-refractivity contribution in [3.05, 3.63) is 21.9 Å². The number of aromatic nitrogens is 1. The van der Waals surface area contributed by atoms with E-state index in [1.807, 2.05) is 0 Å². The molecule has 1 fully saturated rings. The molecule has 2 rings (SSSR count). The van der Waals surface area contributed by atoms with Crippen LogP contribution >= 0.6 is 27.5 Å². The van der Waals surface area contributed by atoms with Crippen LogP contribution in [-0.4, -0.2) is 16.9 Å². The van der Waals surface area contributed by atoms with E-state index in [9.17, 15) is 4.79 Å². The Morgan fingerprint density at radius 2 is 2.35 bits per heavy atom. The number of hydrogen-bond donors (Lipinski definition) is 2. The van der Waals surface area contributed by atoms with Gasteiger partial charge < -0.3 is 11.1 Å².